The molecule has 0 spiro atoms. The summed E-state index contributed by atoms with van der Waals surface area (Å²) in [5, 5.41) is 0. The number of aryl methyl sites for hydroxylation is 1. The van der Waals surface area contributed by atoms with E-state index in [2.05, 4.69) is 0 Å². The van der Waals surface area contributed by atoms with Crippen molar-refractivity contribution in [2.75, 3.05) is 12.3 Å². The number of anilines is 1. The second-order valence-corrected chi connectivity index (χ2v) is 6.70. The van der Waals surface area contributed by atoms with Crippen molar-refractivity contribution in [2.24, 2.45) is 7.05 Å². The summed E-state index contributed by atoms with van der Waals surface area (Å²) in [4.78, 5) is 24.2. The molecule has 0 fully saturated rings. The summed E-state index contributed by atoms with van der Waals surface area (Å²) >= 11 is 0. The van der Waals surface area contributed by atoms with E-state index < -0.39 is 11.6 Å². The number of ketones is 1. The minimum atomic E-state index is -0.864. The SMILES string of the molecule is Cn1cc(-c2cc(N)ccc2Oc2ccc(F)cc2F)c2c(c1=O)CC(=O)CO2. The van der Waals surface area contributed by atoms with E-state index in [0.29, 0.717) is 16.8 Å². The Morgan fingerprint density at radius 3 is 2.59 bits per heavy atom. The van der Waals surface area contributed by atoms with Gasteiger partial charge in [0.25, 0.3) is 5.56 Å². The first kappa shape index (κ1) is 18.7. The molecule has 148 valence electrons. The number of ether oxygens (including phenoxy) is 2. The van der Waals surface area contributed by atoms with Crippen molar-refractivity contribution in [1.82, 2.24) is 4.57 Å². The summed E-state index contributed by atoms with van der Waals surface area (Å²) in [6, 6.07) is 7.68. The lowest BCUT2D eigenvalue weighted by atomic mass is 9.98. The van der Waals surface area contributed by atoms with E-state index in [1.807, 2.05) is 0 Å². The van der Waals surface area contributed by atoms with Crippen molar-refractivity contribution < 1.29 is 23.0 Å². The van der Waals surface area contributed by atoms with Crippen LogP contribution >= 0.6 is 0 Å². The van der Waals surface area contributed by atoms with Gasteiger partial charge in [-0.2, -0.15) is 0 Å². The fourth-order valence-corrected chi connectivity index (χ4v) is 3.22. The van der Waals surface area contributed by atoms with E-state index in [0.717, 1.165) is 12.1 Å². The molecule has 2 heterocycles. The molecular formula is C21H16F2N2O4. The predicted molar refractivity (Wildman–Crippen MR) is 102 cm³/mol. The number of rotatable bonds is 3. The molecule has 0 bridgehead atoms. The van der Waals surface area contributed by atoms with E-state index in [-0.39, 0.29) is 47.2 Å². The zero-order chi connectivity index (χ0) is 20.7. The second-order valence-electron chi connectivity index (χ2n) is 6.70. The smallest absolute Gasteiger partial charge is 0.257 e. The molecule has 0 saturated carbocycles. The summed E-state index contributed by atoms with van der Waals surface area (Å²) < 4.78 is 39.9. The molecule has 8 heteroatoms. The molecule has 2 N–H and O–H groups in total. The number of aromatic nitrogens is 1. The first-order valence-corrected chi connectivity index (χ1v) is 8.73. The van der Waals surface area contributed by atoms with Crippen molar-refractivity contribution >= 4 is 11.5 Å². The first-order chi connectivity index (χ1) is 13.8. The highest BCUT2D eigenvalue weighted by Crippen LogP contribution is 2.41. The summed E-state index contributed by atoms with van der Waals surface area (Å²) in [6.07, 6.45) is 1.50. The lowest BCUT2D eigenvalue weighted by molar-refractivity contribution is -0.121. The van der Waals surface area contributed by atoms with Gasteiger partial charge in [0.05, 0.1) is 5.56 Å². The third-order valence-corrected chi connectivity index (χ3v) is 4.58. The minimum Gasteiger partial charge on any atom is -0.485 e. The number of benzene rings is 2. The molecule has 0 amide bonds. The number of carbonyl (C=O) groups is 1. The molecule has 1 aliphatic heterocycles. The van der Waals surface area contributed by atoms with E-state index in [9.17, 15) is 18.4 Å². The molecule has 0 aliphatic carbocycles. The van der Waals surface area contributed by atoms with Crippen molar-refractivity contribution in [3.05, 3.63) is 70.1 Å². The van der Waals surface area contributed by atoms with Crippen LogP contribution in [0.1, 0.15) is 5.56 Å². The normalized spacial score (nSPS) is 13.0. The molecule has 0 saturated heterocycles. The van der Waals surface area contributed by atoms with Gasteiger partial charge in [-0.05, 0) is 30.3 Å². The molecule has 1 aliphatic rings. The molecule has 29 heavy (non-hydrogen) atoms. The Kier molecular flexibility index (Phi) is 4.54. The van der Waals surface area contributed by atoms with Crippen molar-refractivity contribution in [2.45, 2.75) is 6.42 Å². The summed E-state index contributed by atoms with van der Waals surface area (Å²) in [7, 11) is 1.55. The van der Waals surface area contributed by atoms with E-state index >= 15 is 0 Å². The van der Waals surface area contributed by atoms with Crippen LogP contribution in [0.25, 0.3) is 11.1 Å². The predicted octanol–water partition coefficient (Wildman–Crippen LogP) is 3.21. The average molecular weight is 398 g/mol. The molecule has 0 unspecified atom stereocenters. The number of halogens is 2. The average Bonchev–Trinajstić information content (AvgIpc) is 2.68. The standard InChI is InChI=1S/C21H16F2N2O4/c1-25-9-16(20-15(21(25)27)8-13(26)10-28-20)14-7-12(24)3-5-18(14)29-19-4-2-11(22)6-17(19)23/h2-7,9H,8,10,24H2,1H3. The number of pyridine rings is 1. The number of nitrogens with zero attached hydrogens (tertiary/aromatic N) is 1. The number of hydrogen-bond acceptors (Lipinski definition) is 5. The topological polar surface area (TPSA) is 83.5 Å². The number of hydrogen-bond donors (Lipinski definition) is 1. The van der Waals surface area contributed by atoms with Crippen LogP contribution in [0.2, 0.25) is 0 Å². The maximum Gasteiger partial charge on any atom is 0.257 e. The van der Waals surface area contributed by atoms with Gasteiger partial charge in [-0.1, -0.05) is 0 Å². The molecule has 0 atom stereocenters. The van der Waals surface area contributed by atoms with Crippen LogP contribution in [0.5, 0.6) is 17.2 Å². The van der Waals surface area contributed by atoms with Gasteiger partial charge in [0.1, 0.15) is 23.9 Å². The van der Waals surface area contributed by atoms with Gasteiger partial charge in [0.2, 0.25) is 0 Å². The zero-order valence-corrected chi connectivity index (χ0v) is 15.4. The Hall–Kier alpha value is -3.68. The van der Waals surface area contributed by atoms with E-state index in [1.165, 1.54) is 10.6 Å². The van der Waals surface area contributed by atoms with Gasteiger partial charge in [-0.15, -0.1) is 0 Å². The van der Waals surface area contributed by atoms with Crippen molar-refractivity contribution in [1.29, 1.82) is 0 Å². The van der Waals surface area contributed by atoms with Crippen molar-refractivity contribution in [3.8, 4) is 28.4 Å². The van der Waals surface area contributed by atoms with E-state index in [4.69, 9.17) is 15.2 Å². The number of nitrogens with two attached hydrogens (primary N) is 1. The zero-order valence-electron chi connectivity index (χ0n) is 15.4. The maximum absolute atomic E-state index is 14.1. The Morgan fingerprint density at radius 2 is 1.83 bits per heavy atom. The molecule has 1 aromatic heterocycles. The Balaban J connectivity index is 1.89. The molecule has 2 aromatic carbocycles. The maximum atomic E-state index is 14.1. The summed E-state index contributed by atoms with van der Waals surface area (Å²) in [5.41, 5.74) is 7.15. The quantitative estimate of drug-likeness (QED) is 0.685. The van der Waals surface area contributed by atoms with Crippen LogP contribution in [-0.4, -0.2) is 17.0 Å². The van der Waals surface area contributed by atoms with Gasteiger partial charge < -0.3 is 19.8 Å². The van der Waals surface area contributed by atoms with Crippen LogP contribution in [0.15, 0.2) is 47.4 Å². The Bertz CT molecular complexity index is 1200. The highest BCUT2D eigenvalue weighted by molar-refractivity contribution is 5.88. The second kappa shape index (κ2) is 7.05. The number of carbonyl (C=O) groups excluding carboxylic acids is 1. The van der Waals surface area contributed by atoms with Gasteiger partial charge in [0, 0.05) is 42.5 Å². The molecule has 6 nitrogen and oxygen atoms in total. The Labute approximate surface area is 164 Å². The van der Waals surface area contributed by atoms with E-state index in [1.54, 1.807) is 31.4 Å². The molecule has 3 aromatic rings. The monoisotopic (exact) mass is 398 g/mol. The fraction of sp³-hybridized carbons (Fsp3) is 0.143. The van der Waals surface area contributed by atoms with Crippen LogP contribution in [0, 0.1) is 11.6 Å². The molecule has 0 radical (unpaired) electrons. The number of nitrogen functional groups attached to an aromatic ring is 1. The Morgan fingerprint density at radius 1 is 1.07 bits per heavy atom. The lowest BCUT2D eigenvalue weighted by Crippen LogP contribution is -2.30. The summed E-state index contributed by atoms with van der Waals surface area (Å²) in [5.74, 6) is -1.47. The van der Waals surface area contributed by atoms with Crippen LogP contribution < -0.4 is 20.8 Å². The fourth-order valence-electron chi connectivity index (χ4n) is 3.22. The van der Waals surface area contributed by atoms with Crippen molar-refractivity contribution in [3.63, 3.8) is 0 Å². The van der Waals surface area contributed by atoms with Gasteiger partial charge in [-0.25, -0.2) is 8.78 Å². The number of Topliss-reactive ketones (excluding diaryl/α,β-unsaturated/α-hetero) is 1. The number of fused-ring (bicyclic) bond motifs is 1. The first-order valence-electron chi connectivity index (χ1n) is 8.73. The summed E-state index contributed by atoms with van der Waals surface area (Å²) in [6.45, 7) is -0.154. The highest BCUT2D eigenvalue weighted by Gasteiger charge is 2.26. The molecular weight excluding hydrogens is 382 g/mol. The van der Waals surface area contributed by atoms with Gasteiger partial charge in [0.15, 0.2) is 17.3 Å². The van der Waals surface area contributed by atoms with Crippen LogP contribution in [0.3, 0.4) is 0 Å². The lowest BCUT2D eigenvalue weighted by Gasteiger charge is -2.22. The van der Waals surface area contributed by atoms with Gasteiger partial charge in [-0.3, -0.25) is 9.59 Å². The third-order valence-electron chi connectivity index (χ3n) is 4.58. The van der Waals surface area contributed by atoms with Crippen LogP contribution in [0.4, 0.5) is 14.5 Å². The minimum absolute atomic E-state index is 0.0407. The largest absolute Gasteiger partial charge is 0.485 e. The molecule has 4 rings (SSSR count). The highest BCUT2D eigenvalue weighted by atomic mass is 19.1. The third kappa shape index (κ3) is 3.44. The van der Waals surface area contributed by atoms with Gasteiger partial charge >= 0.3 is 0 Å². The van der Waals surface area contributed by atoms with Crippen LogP contribution in [-0.2, 0) is 18.3 Å².